The lowest BCUT2D eigenvalue weighted by Crippen LogP contribution is -2.27. The number of imide groups is 1. The van der Waals surface area contributed by atoms with Gasteiger partial charge in [0.05, 0.1) is 4.91 Å². The van der Waals surface area contributed by atoms with Crippen LogP contribution in [-0.4, -0.2) is 22.6 Å². The Hall–Kier alpha value is -0.590. The summed E-state index contributed by atoms with van der Waals surface area (Å²) in [5.74, 6) is -0.193. The highest BCUT2D eigenvalue weighted by Crippen LogP contribution is 2.33. The van der Waals surface area contributed by atoms with Crippen LogP contribution in [0.1, 0.15) is 11.8 Å². The fourth-order valence-corrected chi connectivity index (χ4v) is 3.65. The average Bonchev–Trinajstić information content (AvgIpc) is 2.74. The molecule has 0 saturated carbocycles. The standard InChI is InChI=1S/C10H8BrNO2S2/c1-2-12-9(13)8(16-10(12)14)4-7-3-6(11)5-15-7/h3-5H,2H2,1H3. The summed E-state index contributed by atoms with van der Waals surface area (Å²) < 4.78 is 0.985. The number of thiophene rings is 1. The third-order valence-electron chi connectivity index (χ3n) is 2.05. The topological polar surface area (TPSA) is 37.4 Å². The van der Waals surface area contributed by atoms with E-state index in [4.69, 9.17) is 0 Å². The van der Waals surface area contributed by atoms with Gasteiger partial charge in [-0.25, -0.2) is 0 Å². The monoisotopic (exact) mass is 317 g/mol. The van der Waals surface area contributed by atoms with Gasteiger partial charge in [0.25, 0.3) is 11.1 Å². The third kappa shape index (κ3) is 2.23. The second-order valence-electron chi connectivity index (χ2n) is 3.09. The first-order valence-corrected chi connectivity index (χ1v) is 7.10. The minimum absolute atomic E-state index is 0.186. The molecule has 84 valence electrons. The molecule has 0 bridgehead atoms. The fraction of sp³-hybridized carbons (Fsp3) is 0.200. The molecule has 0 radical (unpaired) electrons. The lowest BCUT2D eigenvalue weighted by molar-refractivity contribution is -0.122. The van der Waals surface area contributed by atoms with Crippen molar-refractivity contribution in [3.63, 3.8) is 0 Å². The summed E-state index contributed by atoms with van der Waals surface area (Å²) in [6, 6.07) is 1.92. The van der Waals surface area contributed by atoms with Gasteiger partial charge in [-0.05, 0) is 46.8 Å². The van der Waals surface area contributed by atoms with Crippen LogP contribution in [0.15, 0.2) is 20.8 Å². The molecule has 6 heteroatoms. The molecule has 1 aliphatic heterocycles. The van der Waals surface area contributed by atoms with Gasteiger partial charge in [0.2, 0.25) is 0 Å². The fourth-order valence-electron chi connectivity index (χ4n) is 1.31. The number of carbonyl (C=O) groups excluding carboxylic acids is 2. The predicted molar refractivity (Wildman–Crippen MR) is 70.4 cm³/mol. The van der Waals surface area contributed by atoms with Crippen LogP contribution in [0.5, 0.6) is 0 Å². The molecule has 1 aromatic rings. The van der Waals surface area contributed by atoms with E-state index in [0.717, 1.165) is 21.1 Å². The number of nitrogens with zero attached hydrogens (tertiary/aromatic N) is 1. The van der Waals surface area contributed by atoms with E-state index in [9.17, 15) is 9.59 Å². The van der Waals surface area contributed by atoms with Crippen molar-refractivity contribution >= 4 is 56.3 Å². The first-order valence-electron chi connectivity index (χ1n) is 4.61. The molecule has 16 heavy (non-hydrogen) atoms. The number of halogens is 1. The van der Waals surface area contributed by atoms with Crippen molar-refractivity contribution in [1.29, 1.82) is 0 Å². The summed E-state index contributed by atoms with van der Waals surface area (Å²) in [5.41, 5.74) is 0. The summed E-state index contributed by atoms with van der Waals surface area (Å²) >= 11 is 5.88. The second kappa shape index (κ2) is 4.73. The zero-order chi connectivity index (χ0) is 11.7. The molecule has 1 aliphatic rings. The van der Waals surface area contributed by atoms with E-state index in [1.165, 1.54) is 16.2 Å². The molecule has 0 atom stereocenters. The van der Waals surface area contributed by atoms with Gasteiger partial charge < -0.3 is 0 Å². The van der Waals surface area contributed by atoms with Gasteiger partial charge in [0, 0.05) is 21.3 Å². The molecule has 0 unspecified atom stereocenters. The third-order valence-corrected chi connectivity index (χ3v) is 4.60. The Morgan fingerprint density at radius 1 is 1.50 bits per heavy atom. The van der Waals surface area contributed by atoms with E-state index in [2.05, 4.69) is 15.9 Å². The Labute approximate surface area is 110 Å². The Bertz CT molecular complexity index is 481. The molecule has 0 aromatic carbocycles. The molecule has 0 N–H and O–H groups in total. The maximum absolute atomic E-state index is 11.8. The number of hydrogen-bond acceptors (Lipinski definition) is 4. The average molecular weight is 318 g/mol. The minimum Gasteiger partial charge on any atom is -0.269 e. The summed E-state index contributed by atoms with van der Waals surface area (Å²) in [6.45, 7) is 2.22. The van der Waals surface area contributed by atoms with E-state index >= 15 is 0 Å². The summed E-state index contributed by atoms with van der Waals surface area (Å²) in [5, 5.41) is 1.75. The quantitative estimate of drug-likeness (QED) is 0.782. The maximum Gasteiger partial charge on any atom is 0.293 e. The smallest absolute Gasteiger partial charge is 0.269 e. The van der Waals surface area contributed by atoms with Crippen LogP contribution in [0.3, 0.4) is 0 Å². The molecule has 0 aliphatic carbocycles. The van der Waals surface area contributed by atoms with Crippen LogP contribution < -0.4 is 0 Å². The van der Waals surface area contributed by atoms with Crippen molar-refractivity contribution in [1.82, 2.24) is 4.90 Å². The van der Waals surface area contributed by atoms with Gasteiger partial charge in [-0.3, -0.25) is 14.5 Å². The maximum atomic E-state index is 11.8. The van der Waals surface area contributed by atoms with Crippen LogP contribution in [0.25, 0.3) is 6.08 Å². The summed E-state index contributed by atoms with van der Waals surface area (Å²) in [4.78, 5) is 25.9. The first kappa shape index (κ1) is 11.9. The van der Waals surface area contributed by atoms with Crippen LogP contribution in [0.2, 0.25) is 0 Å². The van der Waals surface area contributed by atoms with Crippen molar-refractivity contribution in [3.8, 4) is 0 Å². The lowest BCUT2D eigenvalue weighted by Gasteiger charge is -2.06. The molecule has 2 rings (SSSR count). The largest absolute Gasteiger partial charge is 0.293 e. The Balaban J connectivity index is 2.27. The number of rotatable bonds is 2. The highest BCUT2D eigenvalue weighted by Gasteiger charge is 2.33. The molecule has 3 nitrogen and oxygen atoms in total. The highest BCUT2D eigenvalue weighted by atomic mass is 79.9. The number of thioether (sulfide) groups is 1. The highest BCUT2D eigenvalue weighted by molar-refractivity contribution is 9.10. The van der Waals surface area contributed by atoms with E-state index in [-0.39, 0.29) is 11.1 Å². The van der Waals surface area contributed by atoms with Gasteiger partial charge in [-0.2, -0.15) is 0 Å². The molecular formula is C10H8BrNO2S2. The van der Waals surface area contributed by atoms with Crippen molar-refractivity contribution in [2.75, 3.05) is 6.54 Å². The number of likely N-dealkylation sites (N-methyl/N-ethyl adjacent to an activating group) is 1. The van der Waals surface area contributed by atoms with Crippen LogP contribution >= 0.6 is 39.0 Å². The zero-order valence-electron chi connectivity index (χ0n) is 8.40. The van der Waals surface area contributed by atoms with E-state index in [1.54, 1.807) is 13.0 Å². The lowest BCUT2D eigenvalue weighted by atomic mass is 10.4. The molecule has 0 spiro atoms. The van der Waals surface area contributed by atoms with E-state index < -0.39 is 0 Å². The van der Waals surface area contributed by atoms with Crippen LogP contribution in [0, 0.1) is 0 Å². The molecule has 2 amide bonds. The van der Waals surface area contributed by atoms with Crippen molar-refractivity contribution in [3.05, 3.63) is 25.7 Å². The van der Waals surface area contributed by atoms with Gasteiger partial charge >= 0.3 is 0 Å². The van der Waals surface area contributed by atoms with E-state index in [1.807, 2.05) is 11.4 Å². The molecule has 1 saturated heterocycles. The van der Waals surface area contributed by atoms with Crippen molar-refractivity contribution in [2.45, 2.75) is 6.92 Å². The predicted octanol–water partition coefficient (Wildman–Crippen LogP) is 3.57. The summed E-state index contributed by atoms with van der Waals surface area (Å²) in [6.07, 6.45) is 1.76. The molecule has 1 aromatic heterocycles. The van der Waals surface area contributed by atoms with Crippen molar-refractivity contribution < 1.29 is 9.59 Å². The molecule has 1 fully saturated rings. The van der Waals surface area contributed by atoms with Gasteiger partial charge in [0.15, 0.2) is 0 Å². The summed E-state index contributed by atoms with van der Waals surface area (Å²) in [7, 11) is 0. The number of carbonyl (C=O) groups is 2. The van der Waals surface area contributed by atoms with Crippen LogP contribution in [-0.2, 0) is 4.79 Å². The Kier molecular flexibility index (Phi) is 3.51. The first-order chi connectivity index (χ1) is 7.61. The number of amides is 2. The Morgan fingerprint density at radius 2 is 2.25 bits per heavy atom. The second-order valence-corrected chi connectivity index (χ2v) is 5.94. The number of hydrogen-bond donors (Lipinski definition) is 0. The van der Waals surface area contributed by atoms with Gasteiger partial charge in [-0.15, -0.1) is 11.3 Å². The van der Waals surface area contributed by atoms with Crippen molar-refractivity contribution in [2.24, 2.45) is 0 Å². The van der Waals surface area contributed by atoms with E-state index in [0.29, 0.717) is 11.4 Å². The molecule has 2 heterocycles. The van der Waals surface area contributed by atoms with Gasteiger partial charge in [-0.1, -0.05) is 0 Å². The normalized spacial score (nSPS) is 18.9. The molecular weight excluding hydrogens is 310 g/mol. The SMILES string of the molecule is CCN1C(=O)SC(=Cc2cc(Br)cs2)C1=O. The zero-order valence-corrected chi connectivity index (χ0v) is 11.6. The Morgan fingerprint density at radius 3 is 2.75 bits per heavy atom. The minimum atomic E-state index is -0.193. The van der Waals surface area contributed by atoms with Gasteiger partial charge in [0.1, 0.15) is 0 Å². The van der Waals surface area contributed by atoms with Crippen LogP contribution in [0.4, 0.5) is 4.79 Å².